The number of rotatable bonds is 6. The summed E-state index contributed by atoms with van der Waals surface area (Å²) in [6.07, 6.45) is -1.58. The van der Waals surface area contributed by atoms with E-state index in [9.17, 15) is 9.59 Å². The fraction of sp³-hybridized carbons (Fsp3) is 0.714. The highest BCUT2D eigenvalue weighted by atomic mass is 16.4. The topological polar surface area (TPSA) is 121 Å². The van der Waals surface area contributed by atoms with E-state index >= 15 is 0 Å². The van der Waals surface area contributed by atoms with Gasteiger partial charge in [-0.3, -0.25) is 4.79 Å². The quantitative estimate of drug-likeness (QED) is 0.428. The van der Waals surface area contributed by atoms with Crippen LogP contribution in [0.4, 0.5) is 0 Å². The van der Waals surface area contributed by atoms with Crippen molar-refractivity contribution in [3.05, 3.63) is 0 Å². The average Bonchev–Trinajstić information content (AvgIpc) is 2.00. The van der Waals surface area contributed by atoms with Crippen LogP contribution in [-0.2, 0) is 9.59 Å². The first kappa shape index (κ1) is 11.9. The van der Waals surface area contributed by atoms with Gasteiger partial charge in [0.2, 0.25) is 0 Å². The molecule has 0 radical (unpaired) electrons. The van der Waals surface area contributed by atoms with Gasteiger partial charge in [0.1, 0.15) is 0 Å². The molecule has 0 aromatic heterocycles. The van der Waals surface area contributed by atoms with Crippen molar-refractivity contribution in [3.8, 4) is 0 Å². The first-order valence-corrected chi connectivity index (χ1v) is 3.81. The van der Waals surface area contributed by atoms with Gasteiger partial charge >= 0.3 is 11.9 Å². The summed E-state index contributed by atoms with van der Waals surface area (Å²) in [5.74, 6) is -2.33. The van der Waals surface area contributed by atoms with E-state index in [4.69, 9.17) is 21.1 Å². The lowest BCUT2D eigenvalue weighted by Gasteiger charge is -2.11. The van der Waals surface area contributed by atoms with Gasteiger partial charge in [-0.25, -0.2) is 4.79 Å². The number of carboxylic acids is 2. The summed E-state index contributed by atoms with van der Waals surface area (Å²) in [5.41, 5.74) is 5.37. The molecule has 0 spiro atoms. The zero-order valence-corrected chi connectivity index (χ0v) is 7.01. The van der Waals surface area contributed by atoms with Crippen molar-refractivity contribution in [2.24, 2.45) is 5.73 Å². The Morgan fingerprint density at radius 3 is 2.23 bits per heavy atom. The van der Waals surface area contributed by atoms with Gasteiger partial charge in [0.05, 0.1) is 0 Å². The SMILES string of the molecule is NC(CCC(=O)O)CC(O)C(=O)O. The summed E-state index contributed by atoms with van der Waals surface area (Å²) >= 11 is 0. The Kier molecular flexibility index (Phi) is 5.01. The number of nitrogens with two attached hydrogens (primary N) is 1. The van der Waals surface area contributed by atoms with Crippen LogP contribution in [-0.4, -0.2) is 39.4 Å². The van der Waals surface area contributed by atoms with E-state index in [1.165, 1.54) is 0 Å². The van der Waals surface area contributed by atoms with Crippen molar-refractivity contribution in [1.82, 2.24) is 0 Å². The lowest BCUT2D eigenvalue weighted by molar-refractivity contribution is -0.147. The fourth-order valence-electron chi connectivity index (χ4n) is 0.814. The predicted octanol–water partition coefficient (Wildman–Crippen LogP) is -0.986. The van der Waals surface area contributed by atoms with E-state index in [0.717, 1.165) is 0 Å². The summed E-state index contributed by atoms with van der Waals surface area (Å²) in [5, 5.41) is 25.4. The molecule has 13 heavy (non-hydrogen) atoms. The Balaban J connectivity index is 3.67. The smallest absolute Gasteiger partial charge is 0.332 e. The lowest BCUT2D eigenvalue weighted by atomic mass is 10.1. The Hall–Kier alpha value is -1.14. The third-order valence-corrected chi connectivity index (χ3v) is 1.54. The van der Waals surface area contributed by atoms with Gasteiger partial charge in [-0.15, -0.1) is 0 Å². The molecule has 0 heterocycles. The van der Waals surface area contributed by atoms with Crippen LogP contribution < -0.4 is 5.73 Å². The summed E-state index contributed by atoms with van der Waals surface area (Å²) in [6, 6.07) is -0.595. The molecule has 0 rings (SSSR count). The average molecular weight is 191 g/mol. The maximum absolute atomic E-state index is 10.2. The maximum atomic E-state index is 10.2. The molecule has 0 saturated heterocycles. The highest BCUT2D eigenvalue weighted by Crippen LogP contribution is 2.03. The number of aliphatic carboxylic acids is 2. The molecular formula is C7H13NO5. The van der Waals surface area contributed by atoms with Crippen molar-refractivity contribution < 1.29 is 24.9 Å². The van der Waals surface area contributed by atoms with E-state index < -0.39 is 24.1 Å². The number of carbonyl (C=O) groups is 2. The van der Waals surface area contributed by atoms with Gasteiger partial charge in [-0.2, -0.15) is 0 Å². The van der Waals surface area contributed by atoms with Crippen LogP contribution >= 0.6 is 0 Å². The minimum absolute atomic E-state index is 0.118. The number of carboxylic acid groups (broad SMARTS) is 2. The highest BCUT2D eigenvalue weighted by molar-refractivity contribution is 5.72. The van der Waals surface area contributed by atoms with E-state index in [-0.39, 0.29) is 19.3 Å². The molecule has 0 amide bonds. The first-order valence-electron chi connectivity index (χ1n) is 3.81. The third-order valence-electron chi connectivity index (χ3n) is 1.54. The second-order valence-corrected chi connectivity index (χ2v) is 2.78. The van der Waals surface area contributed by atoms with Crippen LogP contribution in [0.1, 0.15) is 19.3 Å². The monoisotopic (exact) mass is 191 g/mol. The molecule has 76 valence electrons. The summed E-state index contributed by atoms with van der Waals surface area (Å²) in [4.78, 5) is 20.2. The molecule has 6 heteroatoms. The largest absolute Gasteiger partial charge is 0.481 e. The molecule has 0 aliphatic heterocycles. The lowest BCUT2D eigenvalue weighted by Crippen LogP contribution is -2.31. The summed E-state index contributed by atoms with van der Waals surface area (Å²) in [6.45, 7) is 0. The molecule has 0 saturated carbocycles. The molecular weight excluding hydrogens is 178 g/mol. The molecule has 0 aromatic carbocycles. The normalized spacial score (nSPS) is 14.9. The van der Waals surface area contributed by atoms with Crippen molar-refractivity contribution in [2.45, 2.75) is 31.4 Å². The molecule has 2 unspecified atom stereocenters. The van der Waals surface area contributed by atoms with E-state index in [0.29, 0.717) is 0 Å². The van der Waals surface area contributed by atoms with Crippen molar-refractivity contribution in [2.75, 3.05) is 0 Å². The zero-order valence-electron chi connectivity index (χ0n) is 7.01. The Bertz CT molecular complexity index is 193. The van der Waals surface area contributed by atoms with Crippen LogP contribution in [0.25, 0.3) is 0 Å². The van der Waals surface area contributed by atoms with Crippen LogP contribution in [0.3, 0.4) is 0 Å². The summed E-state index contributed by atoms with van der Waals surface area (Å²) < 4.78 is 0. The minimum Gasteiger partial charge on any atom is -0.481 e. The van der Waals surface area contributed by atoms with Gasteiger partial charge in [-0.05, 0) is 12.8 Å². The number of aliphatic hydroxyl groups excluding tert-OH is 1. The maximum Gasteiger partial charge on any atom is 0.332 e. The van der Waals surface area contributed by atoms with Crippen molar-refractivity contribution >= 4 is 11.9 Å². The van der Waals surface area contributed by atoms with Crippen LogP contribution in [0, 0.1) is 0 Å². The zero-order chi connectivity index (χ0) is 10.4. The van der Waals surface area contributed by atoms with Gasteiger partial charge in [0.25, 0.3) is 0 Å². The summed E-state index contributed by atoms with van der Waals surface area (Å²) in [7, 11) is 0. The van der Waals surface area contributed by atoms with E-state index in [1.54, 1.807) is 0 Å². The number of hydrogen-bond acceptors (Lipinski definition) is 4. The third kappa shape index (κ3) is 6.06. The Morgan fingerprint density at radius 1 is 1.31 bits per heavy atom. The van der Waals surface area contributed by atoms with E-state index in [2.05, 4.69) is 0 Å². The van der Waals surface area contributed by atoms with Crippen LogP contribution in [0.15, 0.2) is 0 Å². The van der Waals surface area contributed by atoms with Gasteiger partial charge < -0.3 is 21.1 Å². The minimum atomic E-state index is -1.51. The molecule has 0 aliphatic carbocycles. The number of aliphatic hydroxyl groups is 1. The van der Waals surface area contributed by atoms with Gasteiger partial charge in [0.15, 0.2) is 6.10 Å². The number of hydrogen-bond donors (Lipinski definition) is 4. The van der Waals surface area contributed by atoms with Crippen molar-refractivity contribution in [3.63, 3.8) is 0 Å². The molecule has 0 aliphatic rings. The van der Waals surface area contributed by atoms with Gasteiger partial charge in [-0.1, -0.05) is 0 Å². The molecule has 5 N–H and O–H groups in total. The molecule has 2 atom stereocenters. The molecule has 0 aromatic rings. The Labute approximate surface area is 75.0 Å². The standard InChI is InChI=1S/C7H13NO5/c8-4(1-2-6(10)11)3-5(9)7(12)13/h4-5,9H,1-3,8H2,(H,10,11)(H,12,13). The highest BCUT2D eigenvalue weighted by Gasteiger charge is 2.17. The second kappa shape index (κ2) is 5.50. The van der Waals surface area contributed by atoms with Crippen LogP contribution in [0.2, 0.25) is 0 Å². The van der Waals surface area contributed by atoms with E-state index in [1.807, 2.05) is 0 Å². The second-order valence-electron chi connectivity index (χ2n) is 2.78. The predicted molar refractivity (Wildman–Crippen MR) is 43.1 cm³/mol. The fourth-order valence-corrected chi connectivity index (χ4v) is 0.814. The molecule has 6 nitrogen and oxygen atoms in total. The molecule has 0 fully saturated rings. The van der Waals surface area contributed by atoms with Crippen LogP contribution in [0.5, 0.6) is 0 Å². The van der Waals surface area contributed by atoms with Crippen molar-refractivity contribution in [1.29, 1.82) is 0 Å². The first-order chi connectivity index (χ1) is 5.93. The Morgan fingerprint density at radius 2 is 1.85 bits per heavy atom. The molecule has 0 bridgehead atoms. The van der Waals surface area contributed by atoms with Gasteiger partial charge in [0, 0.05) is 12.5 Å².